The van der Waals surface area contributed by atoms with E-state index < -0.39 is 10.0 Å². The van der Waals surface area contributed by atoms with Gasteiger partial charge in [-0.3, -0.25) is 0 Å². The van der Waals surface area contributed by atoms with Crippen molar-refractivity contribution in [2.45, 2.75) is 22.9 Å². The summed E-state index contributed by atoms with van der Waals surface area (Å²) in [5.41, 5.74) is 0.815. The second-order valence-corrected chi connectivity index (χ2v) is 8.21. The molecule has 0 N–H and O–H groups in total. The van der Waals surface area contributed by atoms with Crippen LogP contribution >= 0.6 is 23.4 Å². The molecule has 2 heterocycles. The molecule has 4 nitrogen and oxygen atoms in total. The monoisotopic (exact) mass is 308 g/mol. The van der Waals surface area contributed by atoms with Crippen molar-refractivity contribution < 1.29 is 8.42 Å². The van der Waals surface area contributed by atoms with E-state index in [0.29, 0.717) is 29.1 Å². The highest BCUT2D eigenvalue weighted by Crippen LogP contribution is 2.25. The molecule has 0 saturated carbocycles. The molecule has 0 aliphatic carbocycles. The summed E-state index contributed by atoms with van der Waals surface area (Å²) in [6.45, 7) is 3.22. The van der Waals surface area contributed by atoms with Gasteiger partial charge in [0.2, 0.25) is 10.0 Å². The van der Waals surface area contributed by atoms with Crippen LogP contribution in [-0.2, 0) is 23.0 Å². The van der Waals surface area contributed by atoms with Crippen molar-refractivity contribution in [1.82, 2.24) is 8.87 Å². The zero-order chi connectivity index (χ0) is 13.3. The van der Waals surface area contributed by atoms with Crippen molar-refractivity contribution in [2.24, 2.45) is 7.05 Å². The number of rotatable bonds is 3. The summed E-state index contributed by atoms with van der Waals surface area (Å²) in [5.74, 6) is 1.17. The molecule has 0 spiro atoms. The molecule has 1 aromatic heterocycles. The molecule has 1 aliphatic heterocycles. The van der Waals surface area contributed by atoms with E-state index in [1.54, 1.807) is 21.1 Å². The Balaban J connectivity index is 2.29. The average molecular weight is 309 g/mol. The van der Waals surface area contributed by atoms with Gasteiger partial charge in [-0.1, -0.05) is 6.92 Å². The highest BCUT2D eigenvalue weighted by Gasteiger charge is 2.29. The molecule has 1 saturated heterocycles. The maximum Gasteiger partial charge on any atom is 0.244 e. The van der Waals surface area contributed by atoms with Gasteiger partial charge in [-0.25, -0.2) is 8.42 Å². The number of hydrogen-bond donors (Lipinski definition) is 0. The zero-order valence-electron chi connectivity index (χ0n) is 10.5. The number of halogens is 1. The third kappa shape index (κ3) is 2.71. The van der Waals surface area contributed by atoms with Gasteiger partial charge in [0.1, 0.15) is 4.90 Å². The molecular weight excluding hydrogens is 292 g/mol. The minimum atomic E-state index is -3.37. The van der Waals surface area contributed by atoms with Crippen LogP contribution in [-0.4, -0.2) is 41.4 Å². The van der Waals surface area contributed by atoms with Crippen LogP contribution < -0.4 is 0 Å². The van der Waals surface area contributed by atoms with Crippen molar-refractivity contribution in [1.29, 1.82) is 0 Å². The van der Waals surface area contributed by atoms with Crippen LogP contribution in [0.25, 0.3) is 0 Å². The van der Waals surface area contributed by atoms with Gasteiger partial charge in [-0.15, -0.1) is 11.6 Å². The van der Waals surface area contributed by atoms with Crippen LogP contribution in [0.2, 0.25) is 0 Å². The Kier molecular flexibility index (Phi) is 4.31. The standard InChI is InChI=1S/C11H17ClN2O2S2/c1-9-7-14(3-4-17-9)18(15,16)11-5-10(6-12)13(2)8-11/h5,8-9H,3-4,6-7H2,1-2H3. The number of aromatic nitrogens is 1. The molecule has 1 atom stereocenters. The van der Waals surface area contributed by atoms with Gasteiger partial charge in [0.05, 0.1) is 5.88 Å². The van der Waals surface area contributed by atoms with Crippen LogP contribution in [0.1, 0.15) is 12.6 Å². The Morgan fingerprint density at radius 2 is 2.28 bits per heavy atom. The summed E-state index contributed by atoms with van der Waals surface area (Å²) in [7, 11) is -1.56. The lowest BCUT2D eigenvalue weighted by atomic mass is 10.4. The third-order valence-corrected chi connectivity index (χ3v) is 6.30. The summed E-state index contributed by atoms with van der Waals surface area (Å²) in [5, 5.41) is 0.352. The second kappa shape index (κ2) is 5.45. The predicted molar refractivity (Wildman–Crippen MR) is 75.6 cm³/mol. The molecule has 7 heteroatoms. The van der Waals surface area contributed by atoms with E-state index in [0.717, 1.165) is 11.4 Å². The van der Waals surface area contributed by atoms with Crippen molar-refractivity contribution in [3.05, 3.63) is 18.0 Å². The summed E-state index contributed by atoms with van der Waals surface area (Å²) in [4.78, 5) is 0.347. The maximum absolute atomic E-state index is 12.5. The quantitative estimate of drug-likeness (QED) is 0.801. The lowest BCUT2D eigenvalue weighted by molar-refractivity contribution is 0.424. The molecule has 1 aromatic rings. The van der Waals surface area contributed by atoms with Crippen LogP contribution in [0.4, 0.5) is 0 Å². The van der Waals surface area contributed by atoms with Gasteiger partial charge in [0.25, 0.3) is 0 Å². The van der Waals surface area contributed by atoms with E-state index in [2.05, 4.69) is 6.92 Å². The number of aryl methyl sites for hydroxylation is 1. The van der Waals surface area contributed by atoms with Crippen LogP contribution in [0.5, 0.6) is 0 Å². The number of nitrogens with zero attached hydrogens (tertiary/aromatic N) is 2. The molecule has 0 amide bonds. The molecule has 0 aromatic carbocycles. The molecule has 0 bridgehead atoms. The lowest BCUT2D eigenvalue weighted by Crippen LogP contribution is -2.40. The Bertz CT molecular complexity index is 527. The van der Waals surface area contributed by atoms with Gasteiger partial charge in [-0.05, 0) is 6.07 Å². The van der Waals surface area contributed by atoms with Gasteiger partial charge in [0.15, 0.2) is 0 Å². The summed E-state index contributed by atoms with van der Waals surface area (Å²) in [6, 6.07) is 1.66. The van der Waals surface area contributed by atoms with E-state index in [4.69, 9.17) is 11.6 Å². The van der Waals surface area contributed by atoms with E-state index in [1.165, 1.54) is 0 Å². The molecule has 18 heavy (non-hydrogen) atoms. The minimum absolute atomic E-state index is 0.318. The van der Waals surface area contributed by atoms with E-state index in [-0.39, 0.29) is 0 Å². The molecular formula is C11H17ClN2O2S2. The summed E-state index contributed by atoms with van der Waals surface area (Å²) < 4.78 is 28.3. The SMILES string of the molecule is CC1CN(S(=O)(=O)c2cc(CCl)n(C)c2)CCS1. The van der Waals surface area contributed by atoms with E-state index in [1.807, 2.05) is 18.8 Å². The van der Waals surface area contributed by atoms with Crippen molar-refractivity contribution >= 4 is 33.4 Å². The summed E-state index contributed by atoms with van der Waals surface area (Å²) in [6.07, 6.45) is 1.64. The van der Waals surface area contributed by atoms with Crippen LogP contribution in [0, 0.1) is 0 Å². The first-order chi connectivity index (χ1) is 8.45. The predicted octanol–water partition coefficient (Wildman–Crippen LogP) is 1.89. The van der Waals surface area contributed by atoms with Gasteiger partial charge in [0, 0.05) is 43.0 Å². The Hall–Kier alpha value is -0.170. The normalized spacial score (nSPS) is 22.3. The maximum atomic E-state index is 12.5. The molecule has 1 aliphatic rings. The second-order valence-electron chi connectivity index (χ2n) is 4.46. The first-order valence-corrected chi connectivity index (χ1v) is 8.80. The van der Waals surface area contributed by atoms with Crippen molar-refractivity contribution in [3.8, 4) is 0 Å². The fourth-order valence-electron chi connectivity index (χ4n) is 2.00. The molecule has 0 radical (unpaired) electrons. The van der Waals surface area contributed by atoms with Gasteiger partial charge >= 0.3 is 0 Å². The highest BCUT2D eigenvalue weighted by atomic mass is 35.5. The Labute approximate surface area is 117 Å². The number of thioether (sulfide) groups is 1. The van der Waals surface area contributed by atoms with E-state index >= 15 is 0 Å². The van der Waals surface area contributed by atoms with Gasteiger partial charge < -0.3 is 4.57 Å². The summed E-state index contributed by atoms with van der Waals surface area (Å²) >= 11 is 7.59. The topological polar surface area (TPSA) is 42.3 Å². The molecule has 1 fully saturated rings. The zero-order valence-corrected chi connectivity index (χ0v) is 12.9. The number of hydrogen-bond acceptors (Lipinski definition) is 3. The third-order valence-electron chi connectivity index (χ3n) is 3.06. The number of alkyl halides is 1. The largest absolute Gasteiger partial charge is 0.352 e. The van der Waals surface area contributed by atoms with Crippen molar-refractivity contribution in [3.63, 3.8) is 0 Å². The highest BCUT2D eigenvalue weighted by molar-refractivity contribution is 8.00. The molecule has 2 rings (SSSR count). The molecule has 1 unspecified atom stereocenters. The fourth-order valence-corrected chi connectivity index (χ4v) is 5.12. The van der Waals surface area contributed by atoms with E-state index in [9.17, 15) is 8.42 Å². The number of sulfonamides is 1. The van der Waals surface area contributed by atoms with Crippen LogP contribution in [0.3, 0.4) is 0 Å². The Morgan fingerprint density at radius 1 is 1.56 bits per heavy atom. The van der Waals surface area contributed by atoms with Gasteiger partial charge in [-0.2, -0.15) is 16.1 Å². The smallest absolute Gasteiger partial charge is 0.244 e. The first-order valence-electron chi connectivity index (χ1n) is 5.78. The minimum Gasteiger partial charge on any atom is -0.352 e. The van der Waals surface area contributed by atoms with Crippen LogP contribution in [0.15, 0.2) is 17.2 Å². The van der Waals surface area contributed by atoms with Crippen molar-refractivity contribution in [2.75, 3.05) is 18.8 Å². The lowest BCUT2D eigenvalue weighted by Gasteiger charge is -2.29. The average Bonchev–Trinajstić information content (AvgIpc) is 2.71. The first kappa shape index (κ1) is 14.2. The fraction of sp³-hybridized carbons (Fsp3) is 0.636. The molecule has 102 valence electrons. The Morgan fingerprint density at radius 3 is 2.83 bits per heavy atom.